The van der Waals surface area contributed by atoms with Crippen LogP contribution in [0.5, 0.6) is 0 Å². The number of hydrogen-bond donors (Lipinski definition) is 4. The molecule has 3 heterocycles. The average Bonchev–Trinajstić information content (AvgIpc) is 3.03. The number of fused-ring (bicyclic) bond motifs is 1. The molecule has 0 saturated carbocycles. The zero-order valence-corrected chi connectivity index (χ0v) is 11.2. The largest absolute Gasteiger partial charge is 0.396 e. The molecule has 0 radical (unpaired) electrons. The number of anilines is 1. The summed E-state index contributed by atoms with van der Waals surface area (Å²) in [7, 11) is 0. The van der Waals surface area contributed by atoms with Gasteiger partial charge in [0.05, 0.1) is 19.0 Å². The van der Waals surface area contributed by atoms with Crippen molar-refractivity contribution in [2.24, 2.45) is 5.92 Å². The fraction of sp³-hybridized carbons (Fsp3) is 0.583. The van der Waals surface area contributed by atoms with E-state index in [2.05, 4.69) is 15.0 Å². The van der Waals surface area contributed by atoms with Gasteiger partial charge in [-0.05, 0) is 6.42 Å². The summed E-state index contributed by atoms with van der Waals surface area (Å²) in [5.41, 5.74) is 6.68. The van der Waals surface area contributed by atoms with Gasteiger partial charge in [0.25, 0.3) is 0 Å². The van der Waals surface area contributed by atoms with E-state index >= 15 is 0 Å². The van der Waals surface area contributed by atoms with Crippen LogP contribution in [-0.4, -0.2) is 60.3 Å². The molecule has 1 aliphatic heterocycles. The number of hydrogen-bond acceptors (Lipinski definition) is 8. The smallest absolute Gasteiger partial charge is 0.167 e. The van der Waals surface area contributed by atoms with Crippen molar-refractivity contribution < 1.29 is 20.1 Å². The molecule has 0 amide bonds. The van der Waals surface area contributed by atoms with Crippen molar-refractivity contribution in [2.45, 2.75) is 24.9 Å². The van der Waals surface area contributed by atoms with E-state index in [0.29, 0.717) is 17.6 Å². The quantitative estimate of drug-likeness (QED) is 0.543. The van der Waals surface area contributed by atoms with Crippen LogP contribution in [0, 0.1) is 5.92 Å². The monoisotopic (exact) mass is 295 g/mol. The van der Waals surface area contributed by atoms with Crippen molar-refractivity contribution in [3.63, 3.8) is 0 Å². The Labute approximate surface area is 120 Å². The van der Waals surface area contributed by atoms with Crippen LogP contribution in [-0.2, 0) is 4.74 Å². The first-order valence-corrected chi connectivity index (χ1v) is 6.65. The first-order valence-electron chi connectivity index (χ1n) is 6.65. The molecule has 21 heavy (non-hydrogen) atoms. The van der Waals surface area contributed by atoms with Crippen molar-refractivity contribution in [1.82, 2.24) is 19.5 Å². The maximum Gasteiger partial charge on any atom is 0.167 e. The molecule has 2 aromatic heterocycles. The topological polar surface area (TPSA) is 140 Å². The minimum absolute atomic E-state index is 0.0938. The number of aliphatic hydroxyl groups excluding tert-OH is 3. The van der Waals surface area contributed by atoms with E-state index in [1.807, 2.05) is 0 Å². The van der Waals surface area contributed by atoms with Gasteiger partial charge < -0.3 is 25.8 Å². The molecule has 2 unspecified atom stereocenters. The molecular weight excluding hydrogens is 278 g/mol. The van der Waals surface area contributed by atoms with Crippen molar-refractivity contribution >= 4 is 17.0 Å². The molecule has 4 atom stereocenters. The summed E-state index contributed by atoms with van der Waals surface area (Å²) in [4.78, 5) is 12.2. The molecule has 1 saturated heterocycles. The Hall–Kier alpha value is -1.81. The summed E-state index contributed by atoms with van der Waals surface area (Å²) in [5.74, 6) is -0.115. The molecule has 9 nitrogen and oxygen atoms in total. The number of nitrogen functional groups attached to an aromatic ring is 1. The minimum atomic E-state index is -0.871. The zero-order chi connectivity index (χ0) is 15.0. The molecule has 0 aliphatic carbocycles. The maximum absolute atomic E-state index is 10.2. The van der Waals surface area contributed by atoms with Crippen LogP contribution in [0.2, 0.25) is 0 Å². The fourth-order valence-corrected chi connectivity index (χ4v) is 2.75. The molecular formula is C12H17N5O4. The average molecular weight is 295 g/mol. The Bertz CT molecular complexity index is 633. The molecule has 0 aromatic carbocycles. The normalized spacial score (nSPS) is 29.3. The molecule has 1 aliphatic rings. The number of aromatic nitrogens is 4. The van der Waals surface area contributed by atoms with E-state index in [0.717, 1.165) is 0 Å². The van der Waals surface area contributed by atoms with Gasteiger partial charge in [0, 0.05) is 12.5 Å². The summed E-state index contributed by atoms with van der Waals surface area (Å²) in [6.07, 6.45) is 1.02. The lowest BCUT2D eigenvalue weighted by Gasteiger charge is -2.20. The van der Waals surface area contributed by atoms with Crippen LogP contribution in [0.15, 0.2) is 12.7 Å². The number of aliphatic hydroxyl groups is 3. The van der Waals surface area contributed by atoms with Crippen LogP contribution in [0.4, 0.5) is 5.82 Å². The third-order valence-corrected chi connectivity index (χ3v) is 3.80. The molecule has 2 aromatic rings. The summed E-state index contributed by atoms with van der Waals surface area (Å²) in [6.45, 7) is -0.396. The highest BCUT2D eigenvalue weighted by atomic mass is 16.5. The Morgan fingerprint density at radius 3 is 2.81 bits per heavy atom. The number of nitrogens with two attached hydrogens (primary N) is 1. The summed E-state index contributed by atoms with van der Waals surface area (Å²) >= 11 is 0. The third-order valence-electron chi connectivity index (χ3n) is 3.80. The molecule has 3 rings (SSSR count). The van der Waals surface area contributed by atoms with Crippen molar-refractivity contribution in [1.29, 1.82) is 0 Å². The van der Waals surface area contributed by atoms with Crippen LogP contribution in [0.25, 0.3) is 11.2 Å². The van der Waals surface area contributed by atoms with Gasteiger partial charge in [-0.1, -0.05) is 0 Å². The molecule has 1 fully saturated rings. The van der Waals surface area contributed by atoms with Gasteiger partial charge in [-0.25, -0.2) is 15.0 Å². The van der Waals surface area contributed by atoms with E-state index in [4.69, 9.17) is 10.5 Å². The predicted molar refractivity (Wildman–Crippen MR) is 71.9 cm³/mol. The highest BCUT2D eigenvalue weighted by molar-refractivity contribution is 5.81. The van der Waals surface area contributed by atoms with Gasteiger partial charge in [-0.15, -0.1) is 0 Å². The number of ether oxygens (including phenoxy) is 1. The van der Waals surface area contributed by atoms with E-state index in [1.165, 1.54) is 12.7 Å². The van der Waals surface area contributed by atoms with Crippen LogP contribution in [0.3, 0.4) is 0 Å². The maximum atomic E-state index is 10.2. The van der Waals surface area contributed by atoms with Crippen molar-refractivity contribution in [3.8, 4) is 0 Å². The summed E-state index contributed by atoms with van der Waals surface area (Å²) in [5, 5.41) is 28.6. The summed E-state index contributed by atoms with van der Waals surface area (Å²) < 4.78 is 7.34. The van der Waals surface area contributed by atoms with Gasteiger partial charge in [0.1, 0.15) is 24.2 Å². The van der Waals surface area contributed by atoms with Gasteiger partial charge >= 0.3 is 0 Å². The molecule has 9 heteroatoms. The Morgan fingerprint density at radius 2 is 2.10 bits per heavy atom. The number of rotatable bonds is 4. The molecule has 0 bridgehead atoms. The van der Waals surface area contributed by atoms with E-state index < -0.39 is 18.4 Å². The van der Waals surface area contributed by atoms with Crippen LogP contribution in [0.1, 0.15) is 12.6 Å². The third kappa shape index (κ3) is 2.23. The summed E-state index contributed by atoms with van der Waals surface area (Å²) in [6, 6.07) is 0. The van der Waals surface area contributed by atoms with E-state index in [9.17, 15) is 15.3 Å². The first-order chi connectivity index (χ1) is 10.2. The van der Waals surface area contributed by atoms with E-state index in [-0.39, 0.29) is 24.9 Å². The van der Waals surface area contributed by atoms with Crippen molar-refractivity contribution in [3.05, 3.63) is 12.7 Å². The lowest BCUT2D eigenvalue weighted by molar-refractivity contribution is -0.0454. The second-order valence-corrected chi connectivity index (χ2v) is 5.00. The van der Waals surface area contributed by atoms with Crippen LogP contribution >= 0.6 is 0 Å². The predicted octanol–water partition coefficient (Wildman–Crippen LogP) is -1.34. The van der Waals surface area contributed by atoms with Gasteiger partial charge in [-0.2, -0.15) is 0 Å². The highest BCUT2D eigenvalue weighted by Gasteiger charge is 2.44. The lowest BCUT2D eigenvalue weighted by Crippen LogP contribution is -2.30. The second kappa shape index (κ2) is 5.53. The highest BCUT2D eigenvalue weighted by Crippen LogP contribution is 2.38. The van der Waals surface area contributed by atoms with Gasteiger partial charge in [0.15, 0.2) is 11.5 Å². The second-order valence-electron chi connectivity index (χ2n) is 5.00. The van der Waals surface area contributed by atoms with Crippen LogP contribution < -0.4 is 5.73 Å². The Kier molecular flexibility index (Phi) is 3.72. The first kappa shape index (κ1) is 14.1. The number of nitrogens with zero attached hydrogens (tertiary/aromatic N) is 4. The molecule has 114 valence electrons. The lowest BCUT2D eigenvalue weighted by atomic mass is 9.96. The van der Waals surface area contributed by atoms with Gasteiger partial charge in [0.2, 0.25) is 0 Å². The molecule has 0 spiro atoms. The van der Waals surface area contributed by atoms with Gasteiger partial charge in [-0.3, -0.25) is 4.57 Å². The van der Waals surface area contributed by atoms with Crippen molar-refractivity contribution in [2.75, 3.05) is 18.9 Å². The SMILES string of the molecule is Nc1ncnc2c1ncn2[C@@H]1O[C@H](CO)C(O)C1CCO. The number of imidazole rings is 1. The Balaban J connectivity index is 2.02. The fourth-order valence-electron chi connectivity index (χ4n) is 2.75. The minimum Gasteiger partial charge on any atom is -0.396 e. The zero-order valence-electron chi connectivity index (χ0n) is 11.2. The molecule has 5 N–H and O–H groups in total. The standard InChI is InChI=1S/C12H17N5O4/c13-10-8-11(15-4-14-10)17(5-16-8)12-6(1-2-18)9(20)7(3-19)21-12/h4-7,9,12,18-20H,1-3H2,(H2,13,14,15)/t6?,7-,9?,12-/m1/s1. The Morgan fingerprint density at radius 1 is 1.29 bits per heavy atom. The van der Waals surface area contributed by atoms with E-state index in [1.54, 1.807) is 4.57 Å².